The van der Waals surface area contributed by atoms with Crippen LogP contribution in [-0.2, 0) is 11.3 Å². The summed E-state index contributed by atoms with van der Waals surface area (Å²) in [6.07, 6.45) is 0. The number of hydrogen-bond acceptors (Lipinski definition) is 2. The van der Waals surface area contributed by atoms with Crippen LogP contribution in [-0.4, -0.2) is 23.3 Å². The van der Waals surface area contributed by atoms with Crippen molar-refractivity contribution in [3.63, 3.8) is 0 Å². The van der Waals surface area contributed by atoms with E-state index < -0.39 is 23.4 Å². The van der Waals surface area contributed by atoms with E-state index in [2.05, 4.69) is 5.32 Å². The minimum absolute atomic E-state index is 0.0956. The highest BCUT2D eigenvalue weighted by molar-refractivity contribution is 6.31. The van der Waals surface area contributed by atoms with E-state index in [1.165, 1.54) is 23.1 Å². The van der Waals surface area contributed by atoms with Gasteiger partial charge in [-0.05, 0) is 60.2 Å². The molecule has 0 fully saturated rings. The van der Waals surface area contributed by atoms with Crippen molar-refractivity contribution in [2.75, 3.05) is 11.9 Å². The van der Waals surface area contributed by atoms with Gasteiger partial charge in [-0.25, -0.2) is 8.78 Å². The number of nitrogens with one attached hydrogen (secondary N) is 1. The molecule has 0 aliphatic carbocycles. The standard InChI is InChI=1S/C22H16Cl2F2N2O2/c23-16-7-5-15(6-8-16)22(30)28(12-14-4-9-19(25)20(26)10-14)13-21(29)27-18-3-1-2-17(24)11-18/h1-11H,12-13H2,(H,27,29). The Hall–Kier alpha value is -2.96. The monoisotopic (exact) mass is 448 g/mol. The Morgan fingerprint density at radius 1 is 0.867 bits per heavy atom. The van der Waals surface area contributed by atoms with E-state index in [0.29, 0.717) is 26.9 Å². The van der Waals surface area contributed by atoms with Gasteiger partial charge in [-0.3, -0.25) is 9.59 Å². The molecule has 0 spiro atoms. The Morgan fingerprint density at radius 3 is 2.27 bits per heavy atom. The van der Waals surface area contributed by atoms with Crippen molar-refractivity contribution in [2.45, 2.75) is 6.54 Å². The van der Waals surface area contributed by atoms with Crippen LogP contribution in [0.25, 0.3) is 0 Å². The summed E-state index contributed by atoms with van der Waals surface area (Å²) in [7, 11) is 0. The summed E-state index contributed by atoms with van der Waals surface area (Å²) in [5, 5.41) is 3.57. The summed E-state index contributed by atoms with van der Waals surface area (Å²) in [5.74, 6) is -2.96. The molecule has 4 nitrogen and oxygen atoms in total. The molecule has 1 N–H and O–H groups in total. The number of nitrogens with zero attached hydrogens (tertiary/aromatic N) is 1. The van der Waals surface area contributed by atoms with Gasteiger partial charge >= 0.3 is 0 Å². The smallest absolute Gasteiger partial charge is 0.254 e. The molecular formula is C22H16Cl2F2N2O2. The van der Waals surface area contributed by atoms with Crippen LogP contribution < -0.4 is 5.32 Å². The Bertz CT molecular complexity index is 1070. The number of hydrogen-bond donors (Lipinski definition) is 1. The number of carbonyl (C=O) groups is 2. The first kappa shape index (κ1) is 21.7. The second-order valence-electron chi connectivity index (χ2n) is 6.48. The van der Waals surface area contributed by atoms with Gasteiger partial charge in [0.15, 0.2) is 11.6 Å². The summed E-state index contributed by atoms with van der Waals surface area (Å²) >= 11 is 11.8. The average Bonchev–Trinajstić information content (AvgIpc) is 2.70. The van der Waals surface area contributed by atoms with Gasteiger partial charge in [-0.15, -0.1) is 0 Å². The van der Waals surface area contributed by atoms with Crippen LogP contribution in [0.3, 0.4) is 0 Å². The molecule has 0 unspecified atom stereocenters. The Labute approximate surface area is 182 Å². The third kappa shape index (κ3) is 5.78. The van der Waals surface area contributed by atoms with Gasteiger partial charge < -0.3 is 10.2 Å². The lowest BCUT2D eigenvalue weighted by atomic mass is 10.1. The quantitative estimate of drug-likeness (QED) is 0.537. The number of anilines is 1. The van der Waals surface area contributed by atoms with Crippen LogP contribution in [0.4, 0.5) is 14.5 Å². The van der Waals surface area contributed by atoms with Crippen molar-refractivity contribution < 1.29 is 18.4 Å². The van der Waals surface area contributed by atoms with Crippen LogP contribution in [0, 0.1) is 11.6 Å². The molecule has 30 heavy (non-hydrogen) atoms. The largest absolute Gasteiger partial charge is 0.325 e. The maximum atomic E-state index is 13.6. The summed E-state index contributed by atoms with van der Waals surface area (Å²) in [5.41, 5.74) is 1.11. The van der Waals surface area contributed by atoms with E-state index in [4.69, 9.17) is 23.2 Å². The molecule has 0 radical (unpaired) electrons. The zero-order chi connectivity index (χ0) is 21.7. The fourth-order valence-electron chi connectivity index (χ4n) is 2.77. The van der Waals surface area contributed by atoms with Crippen LogP contribution >= 0.6 is 23.2 Å². The van der Waals surface area contributed by atoms with Gasteiger partial charge in [-0.2, -0.15) is 0 Å². The van der Waals surface area contributed by atoms with Gasteiger partial charge in [0.2, 0.25) is 5.91 Å². The number of halogens is 4. The number of amides is 2. The van der Waals surface area contributed by atoms with E-state index in [-0.39, 0.29) is 13.1 Å². The molecule has 0 aliphatic rings. The lowest BCUT2D eigenvalue weighted by Gasteiger charge is -2.23. The van der Waals surface area contributed by atoms with E-state index in [0.717, 1.165) is 12.1 Å². The fourth-order valence-corrected chi connectivity index (χ4v) is 3.09. The second kappa shape index (κ2) is 9.69. The molecule has 154 valence electrons. The summed E-state index contributed by atoms with van der Waals surface area (Å²) in [6.45, 7) is -0.408. The molecule has 0 saturated heterocycles. The summed E-state index contributed by atoms with van der Waals surface area (Å²) in [6, 6.07) is 16.0. The molecular weight excluding hydrogens is 433 g/mol. The van der Waals surface area contributed by atoms with Gasteiger partial charge in [-0.1, -0.05) is 35.3 Å². The third-order valence-electron chi connectivity index (χ3n) is 4.18. The predicted octanol–water partition coefficient (Wildman–Crippen LogP) is 5.55. The van der Waals surface area contributed by atoms with Gasteiger partial charge in [0, 0.05) is 27.8 Å². The highest BCUT2D eigenvalue weighted by atomic mass is 35.5. The van der Waals surface area contributed by atoms with Crippen LogP contribution in [0.5, 0.6) is 0 Å². The summed E-state index contributed by atoms with van der Waals surface area (Å²) < 4.78 is 26.8. The van der Waals surface area contributed by atoms with E-state index in [1.807, 2.05) is 0 Å². The number of benzene rings is 3. The lowest BCUT2D eigenvalue weighted by Crippen LogP contribution is -2.37. The second-order valence-corrected chi connectivity index (χ2v) is 7.35. The van der Waals surface area contributed by atoms with E-state index >= 15 is 0 Å². The highest BCUT2D eigenvalue weighted by Gasteiger charge is 2.20. The van der Waals surface area contributed by atoms with Crippen molar-refractivity contribution in [1.29, 1.82) is 0 Å². The molecule has 3 rings (SSSR count). The molecule has 0 aliphatic heterocycles. The number of carbonyl (C=O) groups excluding carboxylic acids is 2. The van der Waals surface area contributed by atoms with E-state index in [9.17, 15) is 18.4 Å². The number of rotatable bonds is 6. The first-order valence-electron chi connectivity index (χ1n) is 8.86. The predicted molar refractivity (Wildman–Crippen MR) is 113 cm³/mol. The fraction of sp³-hybridized carbons (Fsp3) is 0.0909. The maximum Gasteiger partial charge on any atom is 0.254 e. The molecule has 0 aromatic heterocycles. The van der Waals surface area contributed by atoms with Crippen LogP contribution in [0.15, 0.2) is 66.7 Å². The maximum absolute atomic E-state index is 13.6. The topological polar surface area (TPSA) is 49.4 Å². The summed E-state index contributed by atoms with van der Waals surface area (Å²) in [4.78, 5) is 26.7. The van der Waals surface area contributed by atoms with E-state index in [1.54, 1.807) is 36.4 Å². The average molecular weight is 449 g/mol. The van der Waals surface area contributed by atoms with Gasteiger partial charge in [0.05, 0.1) is 0 Å². The van der Waals surface area contributed by atoms with Crippen LogP contribution in [0.2, 0.25) is 10.0 Å². The van der Waals surface area contributed by atoms with Crippen LogP contribution in [0.1, 0.15) is 15.9 Å². The van der Waals surface area contributed by atoms with Crippen molar-refractivity contribution >= 4 is 40.7 Å². The molecule has 2 amide bonds. The molecule has 3 aromatic carbocycles. The van der Waals surface area contributed by atoms with Crippen molar-refractivity contribution in [1.82, 2.24) is 4.90 Å². The molecule has 0 bridgehead atoms. The Kier molecular flexibility index (Phi) is 7.03. The molecule has 8 heteroatoms. The first-order valence-corrected chi connectivity index (χ1v) is 9.61. The van der Waals surface area contributed by atoms with Crippen molar-refractivity contribution in [3.05, 3.63) is 99.5 Å². The lowest BCUT2D eigenvalue weighted by molar-refractivity contribution is -0.117. The zero-order valence-electron chi connectivity index (χ0n) is 15.5. The third-order valence-corrected chi connectivity index (χ3v) is 4.67. The first-order chi connectivity index (χ1) is 14.3. The van der Waals surface area contributed by atoms with Gasteiger partial charge in [0.1, 0.15) is 6.54 Å². The highest BCUT2D eigenvalue weighted by Crippen LogP contribution is 2.17. The minimum atomic E-state index is -1.03. The van der Waals surface area contributed by atoms with Crippen molar-refractivity contribution in [3.8, 4) is 0 Å². The Balaban J connectivity index is 1.82. The Morgan fingerprint density at radius 2 is 1.60 bits per heavy atom. The molecule has 0 atom stereocenters. The molecule has 0 saturated carbocycles. The zero-order valence-corrected chi connectivity index (χ0v) is 17.1. The molecule has 3 aromatic rings. The SMILES string of the molecule is O=C(CN(Cc1ccc(F)c(F)c1)C(=O)c1ccc(Cl)cc1)Nc1cccc(Cl)c1. The van der Waals surface area contributed by atoms with Crippen molar-refractivity contribution in [2.24, 2.45) is 0 Å². The molecule has 0 heterocycles. The normalized spacial score (nSPS) is 10.5. The van der Waals surface area contributed by atoms with Gasteiger partial charge in [0.25, 0.3) is 5.91 Å². The minimum Gasteiger partial charge on any atom is -0.325 e.